The van der Waals surface area contributed by atoms with Gasteiger partial charge in [0, 0.05) is 19.1 Å². The third kappa shape index (κ3) is 4.32. The van der Waals surface area contributed by atoms with E-state index in [2.05, 4.69) is 0 Å². The number of carbonyl (C=O) groups is 1. The summed E-state index contributed by atoms with van der Waals surface area (Å²) < 4.78 is 23.4. The maximum atomic E-state index is 11.7. The summed E-state index contributed by atoms with van der Waals surface area (Å²) in [5, 5.41) is 9.79. The number of benzene rings is 1. The smallest absolute Gasteiger partial charge is 0.304 e. The first-order chi connectivity index (χ1) is 9.78. The molecule has 0 aromatic heterocycles. The first-order valence-corrected chi connectivity index (χ1v) is 8.95. The third-order valence-corrected chi connectivity index (χ3v) is 6.02. The topological polar surface area (TPSA) is 74.7 Å². The Hall–Kier alpha value is -0.820. The van der Waals surface area contributed by atoms with Crippen LogP contribution in [0.3, 0.4) is 0 Å². The van der Waals surface area contributed by atoms with Gasteiger partial charge >= 0.3 is 5.97 Å². The van der Waals surface area contributed by atoms with Gasteiger partial charge in [-0.15, -0.1) is 0 Å². The summed E-state index contributed by atoms with van der Waals surface area (Å²) in [7, 11) is -3.19. The summed E-state index contributed by atoms with van der Waals surface area (Å²) in [5.41, 5.74) is 0.763. The van der Waals surface area contributed by atoms with Gasteiger partial charge in [-0.05, 0) is 11.6 Å². The molecule has 1 aliphatic heterocycles. The SMILES string of the molecule is O=C(O)CC1CS(=O)(=O)CCN1Cc1cccc(Cl)c1Cl. The lowest BCUT2D eigenvalue weighted by molar-refractivity contribution is -0.138. The molecular formula is C13H15Cl2NO4S. The van der Waals surface area contributed by atoms with Crippen LogP contribution in [-0.2, 0) is 21.2 Å². The molecule has 1 heterocycles. The van der Waals surface area contributed by atoms with Crippen LogP contribution in [0.15, 0.2) is 18.2 Å². The minimum absolute atomic E-state index is 0.0291. The van der Waals surface area contributed by atoms with Crippen LogP contribution in [0.5, 0.6) is 0 Å². The number of carboxylic acids is 1. The van der Waals surface area contributed by atoms with Gasteiger partial charge in [0.15, 0.2) is 9.84 Å². The molecule has 116 valence electrons. The molecule has 2 rings (SSSR count). The Labute approximate surface area is 133 Å². The van der Waals surface area contributed by atoms with Gasteiger partial charge < -0.3 is 5.11 Å². The van der Waals surface area contributed by atoms with Gasteiger partial charge in [-0.2, -0.15) is 0 Å². The minimum atomic E-state index is -3.19. The van der Waals surface area contributed by atoms with Crippen molar-refractivity contribution in [1.82, 2.24) is 4.90 Å². The van der Waals surface area contributed by atoms with E-state index in [0.29, 0.717) is 23.1 Å². The molecule has 1 aromatic rings. The van der Waals surface area contributed by atoms with E-state index >= 15 is 0 Å². The van der Waals surface area contributed by atoms with Crippen LogP contribution in [0, 0.1) is 0 Å². The third-order valence-electron chi connectivity index (χ3n) is 3.47. The number of sulfone groups is 1. The molecular weight excluding hydrogens is 337 g/mol. The monoisotopic (exact) mass is 351 g/mol. The van der Waals surface area contributed by atoms with Crippen molar-refractivity contribution in [2.75, 3.05) is 18.1 Å². The van der Waals surface area contributed by atoms with Gasteiger partial charge in [-0.25, -0.2) is 8.42 Å². The van der Waals surface area contributed by atoms with E-state index < -0.39 is 21.8 Å². The van der Waals surface area contributed by atoms with E-state index in [-0.39, 0.29) is 17.9 Å². The Balaban J connectivity index is 2.20. The van der Waals surface area contributed by atoms with Crippen LogP contribution in [0.1, 0.15) is 12.0 Å². The summed E-state index contributed by atoms with van der Waals surface area (Å²) in [6, 6.07) is 4.69. The summed E-state index contributed by atoms with van der Waals surface area (Å²) in [5.74, 6) is -1.13. The molecule has 0 saturated carbocycles. The summed E-state index contributed by atoms with van der Waals surface area (Å²) >= 11 is 12.1. The Morgan fingerprint density at radius 3 is 2.76 bits per heavy atom. The van der Waals surface area contributed by atoms with Crippen LogP contribution in [-0.4, -0.2) is 48.5 Å². The number of aliphatic carboxylic acids is 1. The molecule has 0 amide bonds. The van der Waals surface area contributed by atoms with E-state index in [9.17, 15) is 13.2 Å². The van der Waals surface area contributed by atoms with Crippen LogP contribution in [0.25, 0.3) is 0 Å². The predicted octanol–water partition coefficient (Wildman–Crippen LogP) is 2.07. The average molecular weight is 352 g/mol. The maximum absolute atomic E-state index is 11.7. The van der Waals surface area contributed by atoms with E-state index in [1.165, 1.54) is 0 Å². The number of carboxylic acid groups (broad SMARTS) is 1. The van der Waals surface area contributed by atoms with Crippen molar-refractivity contribution in [3.63, 3.8) is 0 Å². The molecule has 0 bridgehead atoms. The van der Waals surface area contributed by atoms with Crippen molar-refractivity contribution in [2.24, 2.45) is 0 Å². The molecule has 0 aliphatic carbocycles. The van der Waals surface area contributed by atoms with Gasteiger partial charge in [0.25, 0.3) is 0 Å². The second-order valence-electron chi connectivity index (χ2n) is 5.05. The Kier molecular flexibility index (Phi) is 5.14. The molecule has 1 aliphatic rings. The number of nitrogens with zero attached hydrogens (tertiary/aromatic N) is 1. The van der Waals surface area contributed by atoms with E-state index in [1.807, 2.05) is 4.90 Å². The Bertz CT molecular complexity index is 648. The zero-order valence-corrected chi connectivity index (χ0v) is 13.5. The van der Waals surface area contributed by atoms with Gasteiger partial charge in [-0.3, -0.25) is 9.69 Å². The van der Waals surface area contributed by atoms with E-state index in [0.717, 1.165) is 5.56 Å². The highest BCUT2D eigenvalue weighted by atomic mass is 35.5. The fourth-order valence-corrected chi connectivity index (χ4v) is 4.38. The normalized spacial score (nSPS) is 22.1. The lowest BCUT2D eigenvalue weighted by atomic mass is 10.1. The largest absolute Gasteiger partial charge is 0.481 e. The number of hydrogen-bond acceptors (Lipinski definition) is 4. The average Bonchev–Trinajstić information content (AvgIpc) is 2.36. The standard InChI is InChI=1S/C13H15Cl2NO4S/c14-11-3-1-2-9(13(11)15)7-16-4-5-21(19,20)8-10(16)6-12(17)18/h1-3,10H,4-8H2,(H,17,18). The predicted molar refractivity (Wildman–Crippen MR) is 81.6 cm³/mol. The number of hydrogen-bond donors (Lipinski definition) is 1. The van der Waals surface area contributed by atoms with E-state index in [4.69, 9.17) is 28.3 Å². The fraction of sp³-hybridized carbons (Fsp3) is 0.462. The van der Waals surface area contributed by atoms with Crippen molar-refractivity contribution in [1.29, 1.82) is 0 Å². The Morgan fingerprint density at radius 2 is 2.10 bits per heavy atom. The summed E-state index contributed by atoms with van der Waals surface area (Å²) in [4.78, 5) is 12.8. The highest BCUT2D eigenvalue weighted by Gasteiger charge is 2.32. The zero-order valence-electron chi connectivity index (χ0n) is 11.1. The quantitative estimate of drug-likeness (QED) is 0.898. The second kappa shape index (κ2) is 6.52. The maximum Gasteiger partial charge on any atom is 0.304 e. The van der Waals surface area contributed by atoms with Crippen molar-refractivity contribution in [2.45, 2.75) is 19.0 Å². The zero-order chi connectivity index (χ0) is 15.6. The van der Waals surface area contributed by atoms with E-state index in [1.54, 1.807) is 18.2 Å². The van der Waals surface area contributed by atoms with Crippen LogP contribution < -0.4 is 0 Å². The molecule has 8 heteroatoms. The first-order valence-electron chi connectivity index (χ1n) is 6.37. The van der Waals surface area contributed by atoms with Gasteiger partial charge in [0.1, 0.15) is 0 Å². The lowest BCUT2D eigenvalue weighted by Crippen LogP contribution is -2.48. The molecule has 0 radical (unpaired) electrons. The number of halogens is 2. The van der Waals surface area contributed by atoms with Gasteiger partial charge in [-0.1, -0.05) is 35.3 Å². The van der Waals surface area contributed by atoms with Crippen LogP contribution in [0.4, 0.5) is 0 Å². The van der Waals surface area contributed by atoms with Gasteiger partial charge in [0.2, 0.25) is 0 Å². The van der Waals surface area contributed by atoms with Crippen molar-refractivity contribution in [3.8, 4) is 0 Å². The lowest BCUT2D eigenvalue weighted by Gasteiger charge is -2.34. The minimum Gasteiger partial charge on any atom is -0.481 e. The highest BCUT2D eigenvalue weighted by molar-refractivity contribution is 7.91. The molecule has 1 unspecified atom stereocenters. The fourth-order valence-electron chi connectivity index (χ4n) is 2.41. The van der Waals surface area contributed by atoms with Crippen molar-refractivity contribution in [3.05, 3.63) is 33.8 Å². The molecule has 1 N–H and O–H groups in total. The molecule has 1 fully saturated rings. The molecule has 5 nitrogen and oxygen atoms in total. The summed E-state index contributed by atoms with van der Waals surface area (Å²) in [6.07, 6.45) is -0.211. The van der Waals surface area contributed by atoms with Crippen LogP contribution >= 0.6 is 23.2 Å². The molecule has 1 saturated heterocycles. The Morgan fingerprint density at radius 1 is 1.38 bits per heavy atom. The number of rotatable bonds is 4. The summed E-state index contributed by atoms with van der Waals surface area (Å²) in [6.45, 7) is 0.677. The molecule has 0 spiro atoms. The molecule has 1 atom stereocenters. The van der Waals surface area contributed by atoms with Crippen molar-refractivity contribution >= 4 is 39.0 Å². The second-order valence-corrected chi connectivity index (χ2v) is 8.06. The first kappa shape index (κ1) is 16.5. The van der Waals surface area contributed by atoms with Crippen molar-refractivity contribution < 1.29 is 18.3 Å². The molecule has 21 heavy (non-hydrogen) atoms. The molecule has 1 aromatic carbocycles. The highest BCUT2D eigenvalue weighted by Crippen LogP contribution is 2.28. The van der Waals surface area contributed by atoms with Gasteiger partial charge in [0.05, 0.1) is 28.0 Å². The van der Waals surface area contributed by atoms with Crippen LogP contribution in [0.2, 0.25) is 10.0 Å².